The molecule has 1 unspecified atom stereocenters. The molecule has 2 aromatic carbocycles. The van der Waals surface area contributed by atoms with Crippen LogP contribution < -0.4 is 0 Å². The molecule has 2 aromatic rings. The Labute approximate surface area is 167 Å². The van der Waals surface area contributed by atoms with Gasteiger partial charge < -0.3 is 5.11 Å². The highest BCUT2D eigenvalue weighted by Crippen LogP contribution is 2.38. The number of likely N-dealkylation sites (tertiary alicyclic amines) is 1. The molecule has 1 saturated heterocycles. The van der Waals surface area contributed by atoms with Gasteiger partial charge in [-0.05, 0) is 59.9 Å². The Kier molecular flexibility index (Phi) is 5.63. The second-order valence-corrected chi connectivity index (χ2v) is 7.97. The minimum Gasteiger partial charge on any atom is -0.480 e. The van der Waals surface area contributed by atoms with E-state index in [9.17, 15) is 9.90 Å². The zero-order valence-electron chi connectivity index (χ0n) is 16.7. The molecular formula is C25H29NO2. The van der Waals surface area contributed by atoms with E-state index in [1.807, 2.05) is 0 Å². The average Bonchev–Trinajstić information content (AvgIpc) is 2.89. The van der Waals surface area contributed by atoms with Gasteiger partial charge in [0.2, 0.25) is 0 Å². The number of hydrogen-bond donors (Lipinski definition) is 1. The van der Waals surface area contributed by atoms with E-state index >= 15 is 0 Å². The van der Waals surface area contributed by atoms with Crippen LogP contribution >= 0.6 is 0 Å². The molecule has 3 nitrogen and oxygen atoms in total. The molecule has 0 amide bonds. The third-order valence-electron chi connectivity index (χ3n) is 6.28. The predicted octanol–water partition coefficient (Wildman–Crippen LogP) is 4.94. The lowest BCUT2D eigenvalue weighted by molar-refractivity contribution is -0.143. The van der Waals surface area contributed by atoms with Crippen molar-refractivity contribution >= 4 is 11.5 Å². The van der Waals surface area contributed by atoms with E-state index in [-0.39, 0.29) is 6.04 Å². The van der Waals surface area contributed by atoms with Crippen molar-refractivity contribution in [2.45, 2.75) is 51.5 Å². The van der Waals surface area contributed by atoms with Crippen LogP contribution in [0, 0.1) is 0 Å². The van der Waals surface area contributed by atoms with Gasteiger partial charge in [-0.15, -0.1) is 0 Å². The number of carboxylic acids is 1. The van der Waals surface area contributed by atoms with E-state index in [4.69, 9.17) is 0 Å². The number of carboxylic acid groups (broad SMARTS) is 1. The van der Waals surface area contributed by atoms with E-state index in [2.05, 4.69) is 60.4 Å². The highest BCUT2D eigenvalue weighted by atomic mass is 16.4. The second-order valence-electron chi connectivity index (χ2n) is 7.97. The molecule has 1 fully saturated rings. The molecule has 1 N–H and O–H groups in total. The van der Waals surface area contributed by atoms with E-state index < -0.39 is 5.97 Å². The molecule has 1 atom stereocenters. The van der Waals surface area contributed by atoms with Crippen molar-refractivity contribution in [3.8, 4) is 0 Å². The van der Waals surface area contributed by atoms with Gasteiger partial charge in [-0.25, -0.2) is 0 Å². The molecule has 4 rings (SSSR count). The van der Waals surface area contributed by atoms with Crippen molar-refractivity contribution in [2.24, 2.45) is 0 Å². The smallest absolute Gasteiger partial charge is 0.320 e. The number of fused-ring (bicyclic) bond motifs is 2. The summed E-state index contributed by atoms with van der Waals surface area (Å²) in [6.07, 6.45) is 5.69. The van der Waals surface area contributed by atoms with Crippen LogP contribution in [-0.2, 0) is 17.6 Å². The third-order valence-corrected chi connectivity index (χ3v) is 6.28. The van der Waals surface area contributed by atoms with Gasteiger partial charge >= 0.3 is 5.97 Å². The summed E-state index contributed by atoms with van der Waals surface area (Å²) < 4.78 is 0. The highest BCUT2D eigenvalue weighted by Gasteiger charge is 2.29. The first-order valence-corrected chi connectivity index (χ1v) is 10.5. The maximum absolute atomic E-state index is 11.7. The molecule has 1 aliphatic heterocycles. The molecular weight excluding hydrogens is 346 g/mol. The van der Waals surface area contributed by atoms with Crippen molar-refractivity contribution in [1.29, 1.82) is 0 Å². The van der Waals surface area contributed by atoms with Crippen molar-refractivity contribution in [3.05, 3.63) is 76.4 Å². The normalized spacial score (nSPS) is 18.2. The average molecular weight is 376 g/mol. The molecule has 0 saturated carbocycles. The van der Waals surface area contributed by atoms with Crippen LogP contribution in [0.3, 0.4) is 0 Å². The predicted molar refractivity (Wildman–Crippen MR) is 113 cm³/mol. The SMILES string of the molecule is CCCC(C(=O)O)N1CCC(=C2c3ccccc3CCc3ccccc32)CC1. The Morgan fingerprint density at radius 3 is 1.96 bits per heavy atom. The molecule has 3 heteroatoms. The summed E-state index contributed by atoms with van der Waals surface area (Å²) in [4.78, 5) is 13.9. The minimum atomic E-state index is -0.678. The van der Waals surface area contributed by atoms with Crippen LogP contribution in [0.15, 0.2) is 54.1 Å². The Morgan fingerprint density at radius 2 is 1.46 bits per heavy atom. The zero-order chi connectivity index (χ0) is 19.5. The van der Waals surface area contributed by atoms with Crippen molar-refractivity contribution < 1.29 is 9.90 Å². The monoisotopic (exact) mass is 375 g/mol. The molecule has 2 aliphatic rings. The molecule has 0 aromatic heterocycles. The molecule has 0 radical (unpaired) electrons. The molecule has 1 heterocycles. The fourth-order valence-corrected chi connectivity index (χ4v) is 4.85. The van der Waals surface area contributed by atoms with Gasteiger partial charge in [0.25, 0.3) is 0 Å². The molecule has 28 heavy (non-hydrogen) atoms. The summed E-state index contributed by atoms with van der Waals surface area (Å²) in [6.45, 7) is 3.73. The Hall–Kier alpha value is -2.39. The van der Waals surface area contributed by atoms with Gasteiger partial charge in [-0.1, -0.05) is 67.4 Å². The van der Waals surface area contributed by atoms with Crippen molar-refractivity contribution in [1.82, 2.24) is 4.90 Å². The quantitative estimate of drug-likeness (QED) is 0.823. The lowest BCUT2D eigenvalue weighted by atomic mass is 9.86. The Balaban J connectivity index is 1.71. The largest absolute Gasteiger partial charge is 0.480 e. The summed E-state index contributed by atoms with van der Waals surface area (Å²) in [7, 11) is 0. The number of rotatable bonds is 4. The number of aryl methyl sites for hydroxylation is 2. The van der Waals surface area contributed by atoms with Crippen molar-refractivity contribution in [3.63, 3.8) is 0 Å². The molecule has 0 spiro atoms. The van der Waals surface area contributed by atoms with Crippen LogP contribution in [0.5, 0.6) is 0 Å². The van der Waals surface area contributed by atoms with Gasteiger partial charge in [0.15, 0.2) is 0 Å². The summed E-state index contributed by atoms with van der Waals surface area (Å²) in [6, 6.07) is 17.3. The molecule has 146 valence electrons. The molecule has 1 aliphatic carbocycles. The second kappa shape index (κ2) is 8.32. The number of benzene rings is 2. The topological polar surface area (TPSA) is 40.5 Å². The maximum atomic E-state index is 11.7. The van der Waals surface area contributed by atoms with Crippen LogP contribution in [-0.4, -0.2) is 35.1 Å². The van der Waals surface area contributed by atoms with E-state index in [1.165, 1.54) is 33.4 Å². The van der Waals surface area contributed by atoms with Crippen LogP contribution in [0.4, 0.5) is 0 Å². The van der Waals surface area contributed by atoms with Crippen LogP contribution in [0.1, 0.15) is 54.9 Å². The lowest BCUT2D eigenvalue weighted by Crippen LogP contribution is -2.44. The third kappa shape index (κ3) is 3.64. The maximum Gasteiger partial charge on any atom is 0.320 e. The van der Waals surface area contributed by atoms with Gasteiger partial charge in [0.05, 0.1) is 0 Å². The van der Waals surface area contributed by atoms with E-state index in [0.29, 0.717) is 0 Å². The van der Waals surface area contributed by atoms with Gasteiger partial charge in [0.1, 0.15) is 6.04 Å². The first kappa shape index (κ1) is 18.9. The lowest BCUT2D eigenvalue weighted by Gasteiger charge is -2.34. The van der Waals surface area contributed by atoms with E-state index in [1.54, 1.807) is 0 Å². The fourth-order valence-electron chi connectivity index (χ4n) is 4.85. The molecule has 0 bridgehead atoms. The fraction of sp³-hybridized carbons (Fsp3) is 0.400. The van der Waals surface area contributed by atoms with Crippen molar-refractivity contribution in [2.75, 3.05) is 13.1 Å². The van der Waals surface area contributed by atoms with Gasteiger partial charge in [-0.2, -0.15) is 0 Å². The van der Waals surface area contributed by atoms with Crippen LogP contribution in [0.2, 0.25) is 0 Å². The number of nitrogens with zero attached hydrogens (tertiary/aromatic N) is 1. The highest BCUT2D eigenvalue weighted by molar-refractivity contribution is 5.86. The summed E-state index contributed by atoms with van der Waals surface area (Å²) in [5.74, 6) is -0.678. The Bertz CT molecular complexity index is 839. The number of piperidine rings is 1. The summed E-state index contributed by atoms with van der Waals surface area (Å²) in [5.41, 5.74) is 8.50. The summed E-state index contributed by atoms with van der Waals surface area (Å²) >= 11 is 0. The van der Waals surface area contributed by atoms with E-state index in [0.717, 1.165) is 51.6 Å². The number of aliphatic carboxylic acids is 1. The first-order chi connectivity index (χ1) is 13.7. The van der Waals surface area contributed by atoms with Gasteiger partial charge in [0, 0.05) is 13.1 Å². The Morgan fingerprint density at radius 1 is 0.929 bits per heavy atom. The minimum absolute atomic E-state index is 0.342. The zero-order valence-corrected chi connectivity index (χ0v) is 16.7. The van der Waals surface area contributed by atoms with Gasteiger partial charge in [-0.3, -0.25) is 9.69 Å². The van der Waals surface area contributed by atoms with Crippen LogP contribution in [0.25, 0.3) is 5.57 Å². The number of hydrogen-bond acceptors (Lipinski definition) is 2. The number of carbonyl (C=O) groups is 1. The standard InChI is InChI=1S/C25H29NO2/c1-2-7-23(25(27)28)26-16-14-20(15-17-26)24-21-10-5-3-8-18(21)12-13-19-9-4-6-11-22(19)24/h3-6,8-11,23H,2,7,12-17H2,1H3,(H,27,28). The first-order valence-electron chi connectivity index (χ1n) is 10.5. The summed E-state index contributed by atoms with van der Waals surface area (Å²) in [5, 5.41) is 9.62.